The first-order valence-electron chi connectivity index (χ1n) is 4.48. The molecule has 6 heteroatoms. The Kier molecular flexibility index (Phi) is 3.48. The maximum Gasteiger partial charge on any atom is 0.230 e. The summed E-state index contributed by atoms with van der Waals surface area (Å²) >= 11 is 0. The SMILES string of the molecule is CC1COCCN1S(=O)(=O)C(C)C#N. The molecule has 0 spiro atoms. The van der Waals surface area contributed by atoms with E-state index in [1.165, 1.54) is 11.2 Å². The van der Waals surface area contributed by atoms with Gasteiger partial charge in [0.2, 0.25) is 10.0 Å². The first-order valence-corrected chi connectivity index (χ1v) is 5.98. The number of hydrogen-bond acceptors (Lipinski definition) is 4. The summed E-state index contributed by atoms with van der Waals surface area (Å²) in [5.74, 6) is 0. The largest absolute Gasteiger partial charge is 0.378 e. The van der Waals surface area contributed by atoms with Crippen LogP contribution >= 0.6 is 0 Å². The zero-order chi connectivity index (χ0) is 10.8. The Labute approximate surface area is 84.3 Å². The molecule has 1 aliphatic heterocycles. The number of ether oxygens (including phenoxy) is 1. The molecule has 0 bridgehead atoms. The van der Waals surface area contributed by atoms with Gasteiger partial charge in [0.25, 0.3) is 0 Å². The normalized spacial score (nSPS) is 26.8. The number of rotatable bonds is 2. The summed E-state index contributed by atoms with van der Waals surface area (Å²) in [5.41, 5.74) is 0. The molecule has 14 heavy (non-hydrogen) atoms. The highest BCUT2D eigenvalue weighted by Crippen LogP contribution is 2.15. The van der Waals surface area contributed by atoms with Crippen LogP contribution in [0.5, 0.6) is 0 Å². The lowest BCUT2D eigenvalue weighted by atomic mass is 10.3. The van der Waals surface area contributed by atoms with Gasteiger partial charge in [-0.05, 0) is 13.8 Å². The van der Waals surface area contributed by atoms with Crippen molar-refractivity contribution in [3.63, 3.8) is 0 Å². The van der Waals surface area contributed by atoms with Crippen LogP contribution in [0.2, 0.25) is 0 Å². The minimum absolute atomic E-state index is 0.176. The van der Waals surface area contributed by atoms with Gasteiger partial charge in [0.1, 0.15) is 0 Å². The molecule has 0 saturated carbocycles. The fraction of sp³-hybridized carbons (Fsp3) is 0.875. The number of morpholine rings is 1. The van der Waals surface area contributed by atoms with Gasteiger partial charge in [-0.15, -0.1) is 0 Å². The summed E-state index contributed by atoms with van der Waals surface area (Å²) < 4.78 is 30.0. The fourth-order valence-electron chi connectivity index (χ4n) is 1.36. The predicted octanol–water partition coefficient (Wildman–Crippen LogP) is -0.0510. The van der Waals surface area contributed by atoms with Crippen LogP contribution < -0.4 is 0 Å². The van der Waals surface area contributed by atoms with E-state index in [2.05, 4.69) is 0 Å². The van der Waals surface area contributed by atoms with Gasteiger partial charge in [-0.1, -0.05) is 0 Å². The molecule has 80 valence electrons. The molecule has 0 aromatic rings. The van der Waals surface area contributed by atoms with Crippen molar-refractivity contribution in [2.75, 3.05) is 19.8 Å². The van der Waals surface area contributed by atoms with Crippen molar-refractivity contribution in [2.45, 2.75) is 25.1 Å². The molecular formula is C8H14N2O3S. The van der Waals surface area contributed by atoms with Crippen LogP contribution in [0, 0.1) is 11.3 Å². The monoisotopic (exact) mass is 218 g/mol. The molecule has 0 N–H and O–H groups in total. The maximum absolute atomic E-state index is 11.8. The average molecular weight is 218 g/mol. The van der Waals surface area contributed by atoms with Crippen molar-refractivity contribution >= 4 is 10.0 Å². The Balaban J connectivity index is 2.87. The first kappa shape index (κ1) is 11.4. The highest BCUT2D eigenvalue weighted by molar-refractivity contribution is 7.90. The van der Waals surface area contributed by atoms with Gasteiger partial charge < -0.3 is 4.74 Å². The number of hydrogen-bond donors (Lipinski definition) is 0. The van der Waals surface area contributed by atoms with Gasteiger partial charge in [0.05, 0.1) is 19.3 Å². The number of sulfonamides is 1. The minimum Gasteiger partial charge on any atom is -0.378 e. The second-order valence-corrected chi connectivity index (χ2v) is 5.56. The smallest absolute Gasteiger partial charge is 0.230 e. The lowest BCUT2D eigenvalue weighted by molar-refractivity contribution is 0.0391. The molecule has 1 heterocycles. The van der Waals surface area contributed by atoms with Crippen molar-refractivity contribution in [3.05, 3.63) is 0 Å². The van der Waals surface area contributed by atoms with Crippen molar-refractivity contribution < 1.29 is 13.2 Å². The number of nitrogens with zero attached hydrogens (tertiary/aromatic N) is 2. The summed E-state index contributed by atoms with van der Waals surface area (Å²) in [7, 11) is -3.47. The third kappa shape index (κ3) is 2.05. The molecule has 0 radical (unpaired) electrons. The third-order valence-corrected chi connectivity index (χ3v) is 4.46. The van der Waals surface area contributed by atoms with E-state index in [0.29, 0.717) is 19.8 Å². The van der Waals surface area contributed by atoms with E-state index in [-0.39, 0.29) is 6.04 Å². The van der Waals surface area contributed by atoms with Crippen LogP contribution in [0.4, 0.5) is 0 Å². The molecule has 1 fully saturated rings. The van der Waals surface area contributed by atoms with Crippen LogP contribution in [-0.4, -0.2) is 43.8 Å². The Morgan fingerprint density at radius 2 is 2.29 bits per heavy atom. The fourth-order valence-corrected chi connectivity index (χ4v) is 2.79. The van der Waals surface area contributed by atoms with E-state index in [0.717, 1.165) is 0 Å². The molecule has 2 atom stereocenters. The summed E-state index contributed by atoms with van der Waals surface area (Å²) in [4.78, 5) is 0. The standard InChI is InChI=1S/C8H14N2O3S/c1-7-6-13-4-3-10(7)14(11,12)8(2)5-9/h7-8H,3-4,6H2,1-2H3. The first-order chi connectivity index (χ1) is 6.50. The molecule has 5 nitrogen and oxygen atoms in total. The maximum atomic E-state index is 11.8. The minimum atomic E-state index is -3.47. The Morgan fingerprint density at radius 3 is 2.79 bits per heavy atom. The van der Waals surface area contributed by atoms with E-state index in [9.17, 15) is 8.42 Å². The van der Waals surface area contributed by atoms with E-state index in [1.54, 1.807) is 13.0 Å². The molecular weight excluding hydrogens is 204 g/mol. The molecule has 0 aliphatic carbocycles. The van der Waals surface area contributed by atoms with Crippen LogP contribution in [0.3, 0.4) is 0 Å². The molecule has 0 aromatic heterocycles. The molecule has 1 saturated heterocycles. The van der Waals surface area contributed by atoms with Gasteiger partial charge in [0, 0.05) is 12.6 Å². The van der Waals surface area contributed by atoms with Gasteiger partial charge in [-0.3, -0.25) is 0 Å². The van der Waals surface area contributed by atoms with Gasteiger partial charge >= 0.3 is 0 Å². The van der Waals surface area contributed by atoms with E-state index in [1.807, 2.05) is 0 Å². The predicted molar refractivity (Wildman–Crippen MR) is 51.0 cm³/mol. The van der Waals surface area contributed by atoms with Crippen molar-refractivity contribution in [1.29, 1.82) is 5.26 Å². The van der Waals surface area contributed by atoms with Crippen molar-refractivity contribution in [1.82, 2.24) is 4.31 Å². The van der Waals surface area contributed by atoms with Crippen molar-refractivity contribution in [2.24, 2.45) is 0 Å². The second kappa shape index (κ2) is 4.26. The molecule has 1 rings (SSSR count). The Hall–Kier alpha value is -0.640. The zero-order valence-corrected chi connectivity index (χ0v) is 9.12. The highest BCUT2D eigenvalue weighted by Gasteiger charge is 2.34. The van der Waals surface area contributed by atoms with Crippen LogP contribution in [-0.2, 0) is 14.8 Å². The Morgan fingerprint density at radius 1 is 1.64 bits per heavy atom. The second-order valence-electron chi connectivity index (χ2n) is 3.35. The average Bonchev–Trinajstić information content (AvgIpc) is 2.17. The lowest BCUT2D eigenvalue weighted by Gasteiger charge is -2.32. The molecule has 0 aromatic carbocycles. The number of nitriles is 1. The summed E-state index contributed by atoms with van der Waals surface area (Å²) in [5, 5.41) is 7.62. The van der Waals surface area contributed by atoms with Crippen LogP contribution in [0.1, 0.15) is 13.8 Å². The molecule has 0 amide bonds. The van der Waals surface area contributed by atoms with Gasteiger partial charge in [0.15, 0.2) is 5.25 Å². The molecule has 2 unspecified atom stereocenters. The Bertz CT molecular complexity index is 333. The van der Waals surface area contributed by atoms with Gasteiger partial charge in [-0.25, -0.2) is 8.42 Å². The zero-order valence-electron chi connectivity index (χ0n) is 8.30. The van der Waals surface area contributed by atoms with Crippen LogP contribution in [0.25, 0.3) is 0 Å². The van der Waals surface area contributed by atoms with Crippen LogP contribution in [0.15, 0.2) is 0 Å². The van der Waals surface area contributed by atoms with Gasteiger partial charge in [-0.2, -0.15) is 9.57 Å². The summed E-state index contributed by atoms with van der Waals surface area (Å²) in [6.07, 6.45) is 0. The quantitative estimate of drug-likeness (QED) is 0.651. The topological polar surface area (TPSA) is 70.4 Å². The van der Waals surface area contributed by atoms with E-state index < -0.39 is 15.3 Å². The third-order valence-electron chi connectivity index (χ3n) is 2.26. The highest BCUT2D eigenvalue weighted by atomic mass is 32.2. The molecule has 1 aliphatic rings. The van der Waals surface area contributed by atoms with Crippen molar-refractivity contribution in [3.8, 4) is 6.07 Å². The summed E-state index contributed by atoms with van der Waals surface area (Å²) in [6.45, 7) is 4.33. The lowest BCUT2D eigenvalue weighted by Crippen LogP contribution is -2.49. The van der Waals surface area contributed by atoms with E-state index in [4.69, 9.17) is 10.00 Å². The van der Waals surface area contributed by atoms with E-state index >= 15 is 0 Å². The summed E-state index contributed by atoms with van der Waals surface area (Å²) in [6, 6.07) is 1.58.